The molecule has 2 aromatic rings. The van der Waals surface area contributed by atoms with Gasteiger partial charge in [-0.05, 0) is 63.1 Å². The van der Waals surface area contributed by atoms with Gasteiger partial charge in [0.1, 0.15) is 23.1 Å². The number of anilines is 1. The van der Waals surface area contributed by atoms with Crippen molar-refractivity contribution in [1.29, 1.82) is 5.26 Å². The van der Waals surface area contributed by atoms with Crippen LogP contribution in [-0.2, 0) is 4.79 Å². The van der Waals surface area contributed by atoms with Gasteiger partial charge in [0.15, 0.2) is 0 Å². The van der Waals surface area contributed by atoms with Crippen molar-refractivity contribution in [3.63, 3.8) is 0 Å². The molecule has 1 N–H and O–H groups in total. The Balaban J connectivity index is 2.36. The van der Waals surface area contributed by atoms with Crippen LogP contribution in [-0.4, -0.2) is 19.1 Å². The molecule has 0 aliphatic rings. The molecular weight excluding hydrogens is 376 g/mol. The van der Waals surface area contributed by atoms with Gasteiger partial charge in [0.05, 0.1) is 18.2 Å². The number of benzene rings is 2. The zero-order chi connectivity index (χ0) is 20.7. The largest absolute Gasteiger partial charge is 0.493 e. The number of ether oxygens (including phenoxy) is 2. The van der Waals surface area contributed by atoms with Gasteiger partial charge in [0, 0.05) is 17.3 Å². The first-order valence-electron chi connectivity index (χ1n) is 8.99. The number of amides is 1. The molecule has 0 radical (unpaired) electrons. The number of nitrogens with one attached hydrogen (secondary N) is 1. The summed E-state index contributed by atoms with van der Waals surface area (Å²) in [5.74, 6) is 0.475. The number of hydrogen-bond acceptors (Lipinski definition) is 4. The fourth-order valence-corrected chi connectivity index (χ4v) is 2.76. The van der Waals surface area contributed by atoms with Crippen molar-refractivity contribution in [2.24, 2.45) is 0 Å². The number of carbonyl (C=O) groups is 1. The summed E-state index contributed by atoms with van der Waals surface area (Å²) in [4.78, 5) is 12.6. The van der Waals surface area contributed by atoms with E-state index in [1.54, 1.807) is 18.2 Å². The molecule has 1 amide bonds. The van der Waals surface area contributed by atoms with Crippen molar-refractivity contribution >= 4 is 29.3 Å². The zero-order valence-corrected chi connectivity index (χ0v) is 17.2. The van der Waals surface area contributed by atoms with Gasteiger partial charge in [-0.2, -0.15) is 5.26 Å². The Kier molecular flexibility index (Phi) is 7.48. The van der Waals surface area contributed by atoms with E-state index in [4.69, 9.17) is 21.1 Å². The van der Waals surface area contributed by atoms with Gasteiger partial charge in [-0.3, -0.25) is 4.79 Å². The molecular formula is C22H23ClN2O3. The van der Waals surface area contributed by atoms with Crippen molar-refractivity contribution in [2.45, 2.75) is 27.7 Å². The third-order valence-electron chi connectivity index (χ3n) is 4.09. The van der Waals surface area contributed by atoms with Crippen LogP contribution in [0, 0.1) is 25.2 Å². The molecule has 6 heteroatoms. The highest BCUT2D eigenvalue weighted by Gasteiger charge is 2.14. The Morgan fingerprint density at radius 2 is 1.79 bits per heavy atom. The third kappa shape index (κ3) is 5.28. The van der Waals surface area contributed by atoms with E-state index in [9.17, 15) is 10.1 Å². The summed E-state index contributed by atoms with van der Waals surface area (Å²) in [5.41, 5.74) is 3.28. The molecule has 146 valence electrons. The van der Waals surface area contributed by atoms with Gasteiger partial charge in [-0.15, -0.1) is 0 Å². The molecule has 0 aromatic heterocycles. The lowest BCUT2D eigenvalue weighted by Gasteiger charge is -2.13. The molecule has 0 saturated heterocycles. The van der Waals surface area contributed by atoms with Gasteiger partial charge < -0.3 is 14.8 Å². The normalized spacial score (nSPS) is 10.9. The predicted octanol–water partition coefficient (Wildman–Crippen LogP) is 5.30. The number of aryl methyl sites for hydroxylation is 2. The van der Waals surface area contributed by atoms with E-state index in [0.717, 1.165) is 11.1 Å². The molecule has 0 aliphatic heterocycles. The van der Waals surface area contributed by atoms with E-state index in [1.807, 2.05) is 45.9 Å². The lowest BCUT2D eigenvalue weighted by molar-refractivity contribution is -0.112. The van der Waals surface area contributed by atoms with Crippen molar-refractivity contribution < 1.29 is 14.3 Å². The first-order chi connectivity index (χ1) is 13.4. The third-order valence-corrected chi connectivity index (χ3v) is 4.39. The highest BCUT2D eigenvalue weighted by atomic mass is 35.5. The van der Waals surface area contributed by atoms with Crippen molar-refractivity contribution in [1.82, 2.24) is 0 Å². The summed E-state index contributed by atoms with van der Waals surface area (Å²) in [5, 5.41) is 12.6. The summed E-state index contributed by atoms with van der Waals surface area (Å²) in [7, 11) is 0. The van der Waals surface area contributed by atoms with E-state index >= 15 is 0 Å². The molecule has 0 fully saturated rings. The number of nitrogens with zero attached hydrogens (tertiary/aromatic N) is 1. The van der Waals surface area contributed by atoms with E-state index < -0.39 is 5.91 Å². The van der Waals surface area contributed by atoms with Crippen LogP contribution in [0.2, 0.25) is 5.02 Å². The second-order valence-corrected chi connectivity index (χ2v) is 6.52. The predicted molar refractivity (Wildman–Crippen MR) is 112 cm³/mol. The average molecular weight is 399 g/mol. The molecule has 0 spiro atoms. The first kappa shape index (κ1) is 21.3. The quantitative estimate of drug-likeness (QED) is 0.507. The topological polar surface area (TPSA) is 71.3 Å². The molecule has 0 aliphatic carbocycles. The van der Waals surface area contributed by atoms with E-state index in [0.29, 0.717) is 41.0 Å². The molecule has 5 nitrogen and oxygen atoms in total. The lowest BCUT2D eigenvalue weighted by atomic mass is 10.1. The number of carbonyl (C=O) groups excluding carboxylic acids is 1. The first-order valence-corrected chi connectivity index (χ1v) is 9.36. The van der Waals surface area contributed by atoms with Crippen LogP contribution in [0.5, 0.6) is 11.5 Å². The number of hydrogen-bond donors (Lipinski definition) is 1. The van der Waals surface area contributed by atoms with Crippen molar-refractivity contribution in [3.05, 3.63) is 57.6 Å². The van der Waals surface area contributed by atoms with Crippen LogP contribution >= 0.6 is 11.6 Å². The molecule has 2 rings (SSSR count). The van der Waals surface area contributed by atoms with Crippen LogP contribution in [0.4, 0.5) is 5.69 Å². The summed E-state index contributed by atoms with van der Waals surface area (Å²) in [6.45, 7) is 8.54. The summed E-state index contributed by atoms with van der Waals surface area (Å²) < 4.78 is 11.1. The highest BCUT2D eigenvalue weighted by molar-refractivity contribution is 6.32. The number of nitriles is 1. The lowest BCUT2D eigenvalue weighted by Crippen LogP contribution is -2.13. The minimum atomic E-state index is -0.502. The minimum absolute atomic E-state index is 0.0561. The second-order valence-electron chi connectivity index (χ2n) is 6.11. The molecule has 0 bridgehead atoms. The standard InChI is InChI=1S/C22H23ClN2O3/c1-5-27-20-12-21(28-6-2)19(23)11-16(20)10-17(13-24)22(26)25-18-8-7-14(3)15(4)9-18/h7-12H,5-6H2,1-4H3,(H,25,26)/b17-10+. The SMILES string of the molecule is CCOc1cc(OCC)c(/C=C(\C#N)C(=O)Nc2ccc(C)c(C)c2)cc1Cl. The molecule has 28 heavy (non-hydrogen) atoms. The van der Waals surface area contributed by atoms with Gasteiger partial charge in [-0.25, -0.2) is 0 Å². The van der Waals surface area contributed by atoms with Crippen LogP contribution in [0.25, 0.3) is 6.08 Å². The highest BCUT2D eigenvalue weighted by Crippen LogP contribution is 2.34. The Bertz CT molecular complexity index is 946. The zero-order valence-electron chi connectivity index (χ0n) is 16.4. The smallest absolute Gasteiger partial charge is 0.266 e. The van der Waals surface area contributed by atoms with E-state index in [1.165, 1.54) is 6.08 Å². The molecule has 2 aromatic carbocycles. The second kappa shape index (κ2) is 9.82. The Labute approximate surface area is 170 Å². The molecule has 0 heterocycles. The van der Waals surface area contributed by atoms with Gasteiger partial charge >= 0.3 is 0 Å². The van der Waals surface area contributed by atoms with Crippen LogP contribution in [0.3, 0.4) is 0 Å². The fraction of sp³-hybridized carbons (Fsp3) is 0.273. The van der Waals surface area contributed by atoms with Gasteiger partial charge in [-0.1, -0.05) is 17.7 Å². The maximum absolute atomic E-state index is 12.6. The van der Waals surface area contributed by atoms with E-state index in [-0.39, 0.29) is 5.57 Å². The number of rotatable bonds is 7. The van der Waals surface area contributed by atoms with Crippen LogP contribution in [0.1, 0.15) is 30.5 Å². The maximum Gasteiger partial charge on any atom is 0.266 e. The summed E-state index contributed by atoms with van der Waals surface area (Å²) in [6.07, 6.45) is 1.46. The molecule has 0 unspecified atom stereocenters. The van der Waals surface area contributed by atoms with Crippen LogP contribution in [0.15, 0.2) is 35.9 Å². The summed E-state index contributed by atoms with van der Waals surface area (Å²) in [6, 6.07) is 10.8. The Morgan fingerprint density at radius 3 is 2.39 bits per heavy atom. The van der Waals surface area contributed by atoms with Gasteiger partial charge in [0.2, 0.25) is 0 Å². The molecule has 0 atom stereocenters. The summed E-state index contributed by atoms with van der Waals surface area (Å²) >= 11 is 6.26. The average Bonchev–Trinajstić information content (AvgIpc) is 2.66. The number of halogens is 1. The van der Waals surface area contributed by atoms with Gasteiger partial charge in [0.25, 0.3) is 5.91 Å². The van der Waals surface area contributed by atoms with Crippen molar-refractivity contribution in [3.8, 4) is 17.6 Å². The fourth-order valence-electron chi connectivity index (χ4n) is 2.53. The van der Waals surface area contributed by atoms with E-state index in [2.05, 4.69) is 5.32 Å². The Hall–Kier alpha value is -2.97. The van der Waals surface area contributed by atoms with Crippen molar-refractivity contribution in [2.75, 3.05) is 18.5 Å². The monoisotopic (exact) mass is 398 g/mol. The molecule has 0 saturated carbocycles. The Morgan fingerprint density at radius 1 is 1.11 bits per heavy atom. The van der Waals surface area contributed by atoms with Crippen LogP contribution < -0.4 is 14.8 Å². The maximum atomic E-state index is 12.6. The minimum Gasteiger partial charge on any atom is -0.493 e.